The van der Waals surface area contributed by atoms with Crippen LogP contribution >= 0.6 is 0 Å². The van der Waals surface area contributed by atoms with Crippen LogP contribution in [0.4, 0.5) is 5.95 Å². The van der Waals surface area contributed by atoms with Gasteiger partial charge in [0.25, 0.3) is 5.56 Å². The second-order valence-electron chi connectivity index (χ2n) is 15.7. The molecule has 5 N–H and O–H groups in total. The summed E-state index contributed by atoms with van der Waals surface area (Å²) in [7, 11) is 3.22. The number of H-pyrrole nitrogens is 1. The molecule has 5 aromatic carbocycles. The van der Waals surface area contributed by atoms with Gasteiger partial charge in [-0.1, -0.05) is 103 Å². The van der Waals surface area contributed by atoms with Gasteiger partial charge < -0.3 is 33.9 Å². The molecule has 328 valence electrons. The fourth-order valence-corrected chi connectivity index (χ4v) is 8.70. The SMILES string of the molecule is COc1ccc(C(OC[C@H]2O[C@@H](n3cnc4c(=O)[nH]c(NC(=O)CCNC(O)OCC5c6ccccc6-c6ccccc65)nc43)CC2O)(c2ccccc2)c2ccc(OC)cc2)cc1. The number of hydrogen-bond acceptors (Lipinski definition) is 12. The van der Waals surface area contributed by atoms with Crippen LogP contribution in [-0.2, 0) is 24.6 Å². The normalized spacial score (nSPS) is 17.5. The Morgan fingerprint density at radius 1 is 0.844 bits per heavy atom. The largest absolute Gasteiger partial charge is 0.497 e. The van der Waals surface area contributed by atoms with Crippen molar-refractivity contribution in [2.75, 3.05) is 39.3 Å². The van der Waals surface area contributed by atoms with Gasteiger partial charge in [0.05, 0.1) is 39.9 Å². The van der Waals surface area contributed by atoms with Gasteiger partial charge in [-0.2, -0.15) is 4.98 Å². The number of benzene rings is 5. The molecule has 2 aromatic heterocycles. The third-order valence-electron chi connectivity index (χ3n) is 11.9. The minimum Gasteiger partial charge on any atom is -0.497 e. The lowest BCUT2D eigenvalue weighted by atomic mass is 9.80. The number of carbonyl (C=O) groups is 1. The van der Waals surface area contributed by atoms with Crippen molar-refractivity contribution in [1.82, 2.24) is 24.8 Å². The van der Waals surface area contributed by atoms with Crippen LogP contribution in [0.1, 0.15) is 52.8 Å². The van der Waals surface area contributed by atoms with Gasteiger partial charge in [0.1, 0.15) is 29.4 Å². The zero-order valence-corrected chi connectivity index (χ0v) is 35.2. The molecule has 2 unspecified atom stereocenters. The second kappa shape index (κ2) is 18.6. The number of carbonyl (C=O) groups excluding carboxylic acids is 1. The van der Waals surface area contributed by atoms with Gasteiger partial charge in [-0.05, 0) is 63.2 Å². The lowest BCUT2D eigenvalue weighted by Crippen LogP contribution is -2.38. The summed E-state index contributed by atoms with van der Waals surface area (Å²) in [5.41, 5.74) is 5.56. The number of nitrogens with one attached hydrogen (secondary N) is 3. The molecule has 7 aromatic rings. The Kier molecular flexibility index (Phi) is 12.3. The number of imidazole rings is 1. The van der Waals surface area contributed by atoms with E-state index in [0.717, 1.165) is 38.9 Å². The average molecular weight is 865 g/mol. The minimum absolute atomic E-state index is 0.0250. The number of ether oxygens (including phenoxy) is 5. The fourth-order valence-electron chi connectivity index (χ4n) is 8.70. The van der Waals surface area contributed by atoms with Gasteiger partial charge in [-0.25, -0.2) is 4.98 Å². The maximum Gasteiger partial charge on any atom is 0.280 e. The van der Waals surface area contributed by atoms with E-state index in [1.54, 1.807) is 18.8 Å². The molecule has 1 saturated heterocycles. The fraction of sp³-hybridized carbons (Fsp3) is 0.265. The van der Waals surface area contributed by atoms with Gasteiger partial charge in [0.15, 0.2) is 11.2 Å². The highest BCUT2D eigenvalue weighted by Crippen LogP contribution is 2.45. The molecule has 1 aliphatic carbocycles. The van der Waals surface area contributed by atoms with Gasteiger partial charge >= 0.3 is 0 Å². The number of hydrogen-bond donors (Lipinski definition) is 5. The molecule has 1 fully saturated rings. The molecule has 0 bridgehead atoms. The van der Waals surface area contributed by atoms with Crippen molar-refractivity contribution >= 4 is 23.0 Å². The lowest BCUT2D eigenvalue weighted by molar-refractivity contribution is -0.124. The van der Waals surface area contributed by atoms with E-state index < -0.39 is 41.9 Å². The average Bonchev–Trinajstić information content (AvgIpc) is 4.02. The highest BCUT2D eigenvalue weighted by atomic mass is 16.6. The zero-order valence-electron chi connectivity index (χ0n) is 35.2. The smallest absolute Gasteiger partial charge is 0.280 e. The highest BCUT2D eigenvalue weighted by molar-refractivity contribution is 5.89. The maximum atomic E-state index is 13.2. The van der Waals surface area contributed by atoms with Crippen LogP contribution in [-0.4, -0.2) is 88.2 Å². The molecule has 0 radical (unpaired) electrons. The van der Waals surface area contributed by atoms with Gasteiger partial charge in [-0.3, -0.25) is 29.8 Å². The van der Waals surface area contributed by atoms with Crippen LogP contribution in [0.3, 0.4) is 0 Å². The Hall–Kier alpha value is -6.72. The van der Waals surface area contributed by atoms with E-state index >= 15 is 0 Å². The molecule has 0 spiro atoms. The summed E-state index contributed by atoms with van der Waals surface area (Å²) in [4.78, 5) is 37.6. The molecule has 2 aliphatic rings. The van der Waals surface area contributed by atoms with Crippen LogP contribution in [0.15, 0.2) is 139 Å². The lowest BCUT2D eigenvalue weighted by Gasteiger charge is -2.37. The van der Waals surface area contributed by atoms with E-state index in [9.17, 15) is 19.8 Å². The van der Waals surface area contributed by atoms with E-state index in [2.05, 4.69) is 49.9 Å². The Morgan fingerprint density at radius 2 is 1.44 bits per heavy atom. The van der Waals surface area contributed by atoms with Crippen molar-refractivity contribution in [2.45, 2.75) is 49.2 Å². The summed E-state index contributed by atoms with van der Waals surface area (Å²) in [5.74, 6) is 0.779. The number of anilines is 1. The molecule has 0 saturated carbocycles. The summed E-state index contributed by atoms with van der Waals surface area (Å²) in [6.07, 6.45) is -2.32. The summed E-state index contributed by atoms with van der Waals surface area (Å²) < 4.78 is 31.7. The predicted octanol–water partition coefficient (Wildman–Crippen LogP) is 5.82. The summed E-state index contributed by atoms with van der Waals surface area (Å²) in [6, 6.07) is 41.4. The third-order valence-corrected chi connectivity index (χ3v) is 11.9. The Labute approximate surface area is 368 Å². The number of nitrogens with zero attached hydrogens (tertiary/aromatic N) is 3. The van der Waals surface area contributed by atoms with Crippen LogP contribution in [0, 0.1) is 0 Å². The summed E-state index contributed by atoms with van der Waals surface area (Å²) in [6.45, 7) is 0.294. The standard InChI is InChI=1S/C49H48N6O9/c1-60-33-20-16-31(17-21-33)49(30-10-4-3-5-11-30,32-18-22-34(61-2)23-19-32)63-28-41-40(56)26-43(64-41)55-29-51-44-45(55)53-47(54-46(44)58)52-42(57)24-25-50-48(59)62-27-39-37-14-8-6-12-35(37)36-13-7-9-15-38(36)39/h3-23,29,39-41,43,48,50,56,59H,24-28H2,1-2H3,(H2,52,53,54,57,58)/t40?,41-,43-,48?/m1/s1. The van der Waals surface area contributed by atoms with E-state index in [1.807, 2.05) is 103 Å². The maximum absolute atomic E-state index is 13.2. The number of aliphatic hydroxyl groups excluding tert-OH is 2. The number of aliphatic hydroxyl groups is 2. The van der Waals surface area contributed by atoms with Gasteiger partial charge in [0, 0.05) is 25.3 Å². The molecule has 15 heteroatoms. The molecular weight excluding hydrogens is 817 g/mol. The van der Waals surface area contributed by atoms with Crippen molar-refractivity contribution in [3.05, 3.63) is 172 Å². The molecule has 1 amide bonds. The molecule has 3 heterocycles. The van der Waals surface area contributed by atoms with Crippen molar-refractivity contribution in [3.8, 4) is 22.6 Å². The van der Waals surface area contributed by atoms with E-state index in [-0.39, 0.29) is 55.6 Å². The Bertz CT molecular complexity index is 2690. The highest BCUT2D eigenvalue weighted by Gasteiger charge is 2.42. The van der Waals surface area contributed by atoms with E-state index in [4.69, 9.17) is 23.7 Å². The van der Waals surface area contributed by atoms with Crippen molar-refractivity contribution in [2.24, 2.45) is 0 Å². The Balaban J connectivity index is 0.858. The number of fused-ring (bicyclic) bond motifs is 4. The summed E-state index contributed by atoms with van der Waals surface area (Å²) in [5, 5.41) is 27.5. The molecule has 4 atom stereocenters. The van der Waals surface area contributed by atoms with E-state index in [1.165, 1.54) is 6.33 Å². The number of aromatic amines is 1. The van der Waals surface area contributed by atoms with Crippen LogP contribution < -0.4 is 25.7 Å². The van der Waals surface area contributed by atoms with Gasteiger partial charge in [0.2, 0.25) is 18.3 Å². The topological polar surface area (TPSA) is 191 Å². The first-order valence-corrected chi connectivity index (χ1v) is 21.1. The molecule has 64 heavy (non-hydrogen) atoms. The molecule has 1 aliphatic heterocycles. The van der Waals surface area contributed by atoms with Crippen LogP contribution in [0.2, 0.25) is 0 Å². The first-order valence-electron chi connectivity index (χ1n) is 21.1. The third kappa shape index (κ3) is 8.40. The summed E-state index contributed by atoms with van der Waals surface area (Å²) >= 11 is 0. The van der Waals surface area contributed by atoms with Crippen molar-refractivity contribution in [1.29, 1.82) is 0 Å². The van der Waals surface area contributed by atoms with Crippen LogP contribution in [0.25, 0.3) is 22.3 Å². The quantitative estimate of drug-likeness (QED) is 0.0546. The Morgan fingerprint density at radius 3 is 2.06 bits per heavy atom. The van der Waals surface area contributed by atoms with Crippen molar-refractivity contribution in [3.63, 3.8) is 0 Å². The van der Waals surface area contributed by atoms with Crippen molar-refractivity contribution < 1.29 is 38.7 Å². The first-order chi connectivity index (χ1) is 31.2. The minimum atomic E-state index is -1.31. The number of methoxy groups -OCH3 is 2. The number of amides is 1. The molecule has 9 rings (SSSR count). The predicted molar refractivity (Wildman–Crippen MR) is 238 cm³/mol. The zero-order chi connectivity index (χ0) is 44.2. The van der Waals surface area contributed by atoms with E-state index in [0.29, 0.717) is 11.5 Å². The number of rotatable bonds is 17. The first kappa shape index (κ1) is 42.6. The molecular formula is C49H48N6O9. The monoisotopic (exact) mass is 864 g/mol. The van der Waals surface area contributed by atoms with Crippen LogP contribution in [0.5, 0.6) is 11.5 Å². The number of aromatic nitrogens is 4. The molecule has 15 nitrogen and oxygen atoms in total. The van der Waals surface area contributed by atoms with Gasteiger partial charge in [-0.15, -0.1) is 0 Å². The second-order valence-corrected chi connectivity index (χ2v) is 15.7.